The van der Waals surface area contributed by atoms with Gasteiger partial charge in [-0.15, -0.1) is 0 Å². The van der Waals surface area contributed by atoms with Crippen LogP contribution in [0.4, 0.5) is 10.5 Å². The van der Waals surface area contributed by atoms with Gasteiger partial charge in [0, 0.05) is 34.2 Å². The van der Waals surface area contributed by atoms with Crippen molar-refractivity contribution in [2.75, 3.05) is 31.6 Å². The third-order valence-electron chi connectivity index (χ3n) is 5.98. The van der Waals surface area contributed by atoms with Crippen LogP contribution in [0.1, 0.15) is 24.3 Å². The Morgan fingerprint density at radius 3 is 2.27 bits per heavy atom. The predicted octanol–water partition coefficient (Wildman–Crippen LogP) is 3.38. The molecule has 3 amide bonds. The molecule has 1 saturated heterocycles. The Balaban J connectivity index is 1.84. The van der Waals surface area contributed by atoms with Gasteiger partial charge in [0.2, 0.25) is 11.8 Å². The summed E-state index contributed by atoms with van der Waals surface area (Å²) in [6.45, 7) is 0.519. The quantitative estimate of drug-likeness (QED) is 0.545. The number of amides is 3. The molecule has 1 heterocycles. The first kappa shape index (κ1) is 24.8. The van der Waals surface area contributed by atoms with Crippen molar-refractivity contribution in [3.05, 3.63) is 64.1 Å². The topological polar surface area (TPSA) is 128 Å². The van der Waals surface area contributed by atoms with Crippen LogP contribution in [0.3, 0.4) is 0 Å². The van der Waals surface area contributed by atoms with Crippen molar-refractivity contribution in [1.82, 2.24) is 4.90 Å². The Bertz CT molecular complexity index is 1010. The van der Waals surface area contributed by atoms with E-state index >= 15 is 0 Å². The number of hydrogen-bond donors (Lipinski definition) is 3. The molecule has 33 heavy (non-hydrogen) atoms. The third kappa shape index (κ3) is 5.96. The summed E-state index contributed by atoms with van der Waals surface area (Å²) in [7, 11) is 0. The van der Waals surface area contributed by atoms with E-state index in [0.29, 0.717) is 47.2 Å². The molecule has 10 heteroatoms. The van der Waals surface area contributed by atoms with Gasteiger partial charge in [-0.1, -0.05) is 41.4 Å². The van der Waals surface area contributed by atoms with E-state index in [9.17, 15) is 14.4 Å². The van der Waals surface area contributed by atoms with Crippen LogP contribution in [0.25, 0.3) is 0 Å². The van der Waals surface area contributed by atoms with Crippen molar-refractivity contribution in [1.29, 1.82) is 0 Å². The lowest BCUT2D eigenvalue weighted by Gasteiger charge is -2.45. The maximum absolute atomic E-state index is 12.7. The molecule has 8 nitrogen and oxygen atoms in total. The lowest BCUT2D eigenvalue weighted by atomic mass is 9.66. The Hall–Kier alpha value is -2.81. The van der Waals surface area contributed by atoms with Gasteiger partial charge in [0.05, 0.1) is 12.5 Å². The van der Waals surface area contributed by atoms with E-state index in [0.717, 1.165) is 0 Å². The van der Waals surface area contributed by atoms with Crippen LogP contribution >= 0.6 is 23.2 Å². The van der Waals surface area contributed by atoms with Crippen LogP contribution in [-0.4, -0.2) is 49.0 Å². The molecule has 5 N–H and O–H groups in total. The molecule has 176 valence electrons. The Morgan fingerprint density at radius 2 is 1.70 bits per heavy atom. The lowest BCUT2D eigenvalue weighted by molar-refractivity contribution is -0.134. The molecule has 0 aromatic heterocycles. The zero-order chi connectivity index (χ0) is 24.0. The number of likely N-dealkylation sites (tertiary alicyclic amines) is 1. The molecule has 0 radical (unpaired) electrons. The zero-order valence-corrected chi connectivity index (χ0v) is 19.4. The zero-order valence-electron chi connectivity index (χ0n) is 17.9. The normalized spacial score (nSPS) is 16.0. The molecular formula is C23H26Cl2N4O4. The molecule has 1 fully saturated rings. The van der Waals surface area contributed by atoms with Crippen LogP contribution in [0, 0.1) is 5.41 Å². The third-order valence-corrected chi connectivity index (χ3v) is 6.58. The molecule has 1 aliphatic heterocycles. The molecular weight excluding hydrogens is 467 g/mol. The molecule has 2 aromatic carbocycles. The SMILES string of the molecule is NCC(=O)N1CCC(COC(=O)Nc2ccc(Cl)cc2)(C(C(N)=O)c2ccccc2Cl)CC1. The van der Waals surface area contributed by atoms with Gasteiger partial charge in [-0.2, -0.15) is 0 Å². The number of anilines is 1. The standard InChI is InChI=1S/C23H26Cl2N4O4/c24-15-5-7-16(8-6-15)28-22(32)33-14-23(9-11-29(12-10-23)19(30)13-26)20(21(27)31)17-3-1-2-4-18(17)25/h1-8,20H,9-14,26H2,(H2,27,31)(H,28,32). The number of hydrogen-bond acceptors (Lipinski definition) is 5. The second-order valence-electron chi connectivity index (χ2n) is 8.01. The fraction of sp³-hybridized carbons (Fsp3) is 0.348. The van der Waals surface area contributed by atoms with E-state index in [1.54, 1.807) is 53.4 Å². The smallest absolute Gasteiger partial charge is 0.411 e. The molecule has 0 aliphatic carbocycles. The number of carbonyl (C=O) groups is 3. The van der Waals surface area contributed by atoms with E-state index in [2.05, 4.69) is 5.32 Å². The first-order valence-corrected chi connectivity index (χ1v) is 11.2. The van der Waals surface area contributed by atoms with E-state index in [-0.39, 0.29) is 19.1 Å². The summed E-state index contributed by atoms with van der Waals surface area (Å²) >= 11 is 12.3. The van der Waals surface area contributed by atoms with Gasteiger partial charge in [0.25, 0.3) is 0 Å². The van der Waals surface area contributed by atoms with Crippen LogP contribution in [-0.2, 0) is 14.3 Å². The molecule has 0 bridgehead atoms. The number of primary amides is 1. The van der Waals surface area contributed by atoms with Crippen molar-refractivity contribution in [2.45, 2.75) is 18.8 Å². The number of piperidine rings is 1. The van der Waals surface area contributed by atoms with Gasteiger partial charge in [-0.05, 0) is 48.7 Å². The summed E-state index contributed by atoms with van der Waals surface area (Å²) in [4.78, 5) is 38.9. The predicted molar refractivity (Wildman–Crippen MR) is 127 cm³/mol. The van der Waals surface area contributed by atoms with Crippen molar-refractivity contribution in [3.8, 4) is 0 Å². The maximum atomic E-state index is 12.7. The molecule has 1 aliphatic rings. The Labute approximate surface area is 202 Å². The van der Waals surface area contributed by atoms with Gasteiger partial charge < -0.3 is 21.1 Å². The summed E-state index contributed by atoms with van der Waals surface area (Å²) in [5.74, 6) is -1.58. The van der Waals surface area contributed by atoms with E-state index in [4.69, 9.17) is 39.4 Å². The number of ether oxygens (including phenoxy) is 1. The largest absolute Gasteiger partial charge is 0.449 e. The van der Waals surface area contributed by atoms with Crippen molar-refractivity contribution >= 4 is 46.8 Å². The number of halogens is 2. The minimum absolute atomic E-state index is 0.0874. The molecule has 0 saturated carbocycles. The first-order chi connectivity index (χ1) is 15.8. The average Bonchev–Trinajstić information content (AvgIpc) is 2.80. The van der Waals surface area contributed by atoms with Gasteiger partial charge in [0.15, 0.2) is 0 Å². The molecule has 0 spiro atoms. The van der Waals surface area contributed by atoms with Crippen LogP contribution < -0.4 is 16.8 Å². The van der Waals surface area contributed by atoms with Crippen LogP contribution in [0.5, 0.6) is 0 Å². The number of nitrogens with zero attached hydrogens (tertiary/aromatic N) is 1. The summed E-state index contributed by atoms with van der Waals surface area (Å²) < 4.78 is 5.57. The lowest BCUT2D eigenvalue weighted by Crippen LogP contribution is -2.51. The van der Waals surface area contributed by atoms with E-state index in [1.807, 2.05) is 0 Å². The number of rotatable bonds is 7. The van der Waals surface area contributed by atoms with E-state index in [1.165, 1.54) is 0 Å². The minimum atomic E-state index is -0.848. The molecule has 2 aromatic rings. The van der Waals surface area contributed by atoms with Gasteiger partial charge in [-0.3, -0.25) is 14.9 Å². The number of nitrogens with two attached hydrogens (primary N) is 2. The summed E-state index contributed by atoms with van der Waals surface area (Å²) in [6.07, 6.45) is 0.0805. The fourth-order valence-electron chi connectivity index (χ4n) is 4.24. The molecule has 3 rings (SSSR count). The van der Waals surface area contributed by atoms with Crippen molar-refractivity contribution < 1.29 is 19.1 Å². The van der Waals surface area contributed by atoms with Crippen LogP contribution in [0.2, 0.25) is 10.0 Å². The Kier molecular flexibility index (Phi) is 8.18. The molecule has 1 unspecified atom stereocenters. The van der Waals surface area contributed by atoms with Crippen molar-refractivity contribution in [2.24, 2.45) is 16.9 Å². The van der Waals surface area contributed by atoms with Gasteiger partial charge in [0.1, 0.15) is 6.61 Å². The highest BCUT2D eigenvalue weighted by Gasteiger charge is 2.47. The second kappa shape index (κ2) is 10.9. The fourth-order valence-corrected chi connectivity index (χ4v) is 4.61. The summed E-state index contributed by atoms with van der Waals surface area (Å²) in [5, 5.41) is 3.57. The highest BCUT2D eigenvalue weighted by molar-refractivity contribution is 6.31. The first-order valence-electron chi connectivity index (χ1n) is 10.5. The van der Waals surface area contributed by atoms with Crippen LogP contribution in [0.15, 0.2) is 48.5 Å². The Morgan fingerprint density at radius 1 is 1.06 bits per heavy atom. The minimum Gasteiger partial charge on any atom is -0.449 e. The average molecular weight is 493 g/mol. The number of carbonyl (C=O) groups excluding carboxylic acids is 3. The maximum Gasteiger partial charge on any atom is 0.411 e. The van der Waals surface area contributed by atoms with Crippen molar-refractivity contribution in [3.63, 3.8) is 0 Å². The second-order valence-corrected chi connectivity index (χ2v) is 8.86. The summed E-state index contributed by atoms with van der Waals surface area (Å²) in [5.41, 5.74) is 11.6. The monoisotopic (exact) mass is 492 g/mol. The highest BCUT2D eigenvalue weighted by Crippen LogP contribution is 2.46. The van der Waals surface area contributed by atoms with Gasteiger partial charge >= 0.3 is 6.09 Å². The van der Waals surface area contributed by atoms with E-state index < -0.39 is 23.3 Å². The van der Waals surface area contributed by atoms with Gasteiger partial charge in [-0.25, -0.2) is 4.79 Å². The number of nitrogens with one attached hydrogen (secondary N) is 1. The number of benzene rings is 2. The summed E-state index contributed by atoms with van der Waals surface area (Å²) in [6, 6.07) is 13.5. The molecule has 1 atom stereocenters. The highest BCUT2D eigenvalue weighted by atomic mass is 35.5.